The van der Waals surface area contributed by atoms with Crippen LogP contribution in [0.2, 0.25) is 0 Å². The Labute approximate surface area is 591 Å². The van der Waals surface area contributed by atoms with Gasteiger partial charge in [0.05, 0.1) is 29.9 Å². The van der Waals surface area contributed by atoms with Crippen LogP contribution in [-0.2, 0) is 57.4 Å². The van der Waals surface area contributed by atoms with Gasteiger partial charge in [-0.2, -0.15) is 0 Å². The van der Waals surface area contributed by atoms with E-state index in [1.165, 1.54) is 80.7 Å². The molecule has 29 nitrogen and oxygen atoms in total. The third kappa shape index (κ3) is 18.1. The maximum absolute atomic E-state index is 15.9. The van der Waals surface area contributed by atoms with Gasteiger partial charge < -0.3 is 75.6 Å². The van der Waals surface area contributed by atoms with Gasteiger partial charge in [-0.25, -0.2) is 14.6 Å². The van der Waals surface area contributed by atoms with E-state index in [0.717, 1.165) is 54.7 Å². The van der Waals surface area contributed by atoms with Crippen LogP contribution in [0, 0.1) is 37.5 Å². The molecule has 0 spiro atoms. The molecule has 6 aliphatic rings. The fraction of sp³-hybridized carbons (Fsp3) is 0.667. The van der Waals surface area contributed by atoms with Crippen LogP contribution in [0.4, 0.5) is 5.69 Å². The molecule has 0 bridgehead atoms. The van der Waals surface area contributed by atoms with Gasteiger partial charge in [-0.05, 0) is 108 Å². The van der Waals surface area contributed by atoms with E-state index in [0.29, 0.717) is 31.4 Å². The van der Waals surface area contributed by atoms with Crippen LogP contribution in [0.3, 0.4) is 0 Å². The number of benzene rings is 2. The molecule has 10 amide bonds. The van der Waals surface area contributed by atoms with Crippen molar-refractivity contribution in [3.05, 3.63) is 44.6 Å². The molecule has 0 saturated carbocycles. The standard InChI is InChI=1S/C72H107N13O16/c1-37(2)51-69(95)84-33-25-27-46(84)67(93)80(13)35-48(86)82(15)58(39(5)6)71(97)99-43(11)53(65(91)76-51)78-63(89)45-30-29-41(9)61-55(45)75-57-50(56(60(88)42(10)62(57)101-61)74-32-24-22-20-18-17-19-21-23-31-73)64(90)79-54-44(12)100-72(98)59(40(7)8)83(16)49(87)36-81(14)68(94)47-28-26-34-85(47)70(96)52(38(3)4)77-66(54)92/h29-30,37-40,43-44,46-47,51-54,58-59,74H,17-28,31-36,73H2,1-16H3,(H,76,91)(H,77,92)(H,78,89)(H,79,90)/t43-,44+,46-,47+,51-,52+,53+,54-,58+,59-/m1/s1. The van der Waals surface area contributed by atoms with Crippen LogP contribution in [-0.4, -0.2) is 233 Å². The number of unbranched alkanes of at least 4 members (excludes halogenated alkanes) is 7. The molecule has 556 valence electrons. The van der Waals surface area contributed by atoms with E-state index in [1.54, 1.807) is 62.3 Å². The first-order chi connectivity index (χ1) is 47.6. The maximum Gasteiger partial charge on any atom is 0.329 e. The topological polar surface area (TPSA) is 372 Å². The zero-order valence-electron chi connectivity index (χ0n) is 61.7. The predicted molar refractivity (Wildman–Crippen MR) is 376 cm³/mol. The highest BCUT2D eigenvalue weighted by molar-refractivity contribution is 6.11. The molecule has 10 atom stereocenters. The van der Waals surface area contributed by atoms with Gasteiger partial charge >= 0.3 is 11.9 Å². The van der Waals surface area contributed by atoms with Crippen molar-refractivity contribution in [3.8, 4) is 11.5 Å². The number of aryl methyl sites for hydroxylation is 1. The van der Waals surface area contributed by atoms with Crippen molar-refractivity contribution in [2.75, 3.05) is 72.8 Å². The van der Waals surface area contributed by atoms with Gasteiger partial charge in [0.1, 0.15) is 71.8 Å². The lowest BCUT2D eigenvalue weighted by molar-refractivity contribution is -0.163. The normalized spacial score (nSPS) is 24.6. The fourth-order valence-corrected chi connectivity index (χ4v) is 14.0. The number of ether oxygens (including phenoxy) is 2. The molecule has 7 N–H and O–H groups in total. The highest BCUT2D eigenvalue weighted by Crippen LogP contribution is 2.36. The summed E-state index contributed by atoms with van der Waals surface area (Å²) >= 11 is 0. The van der Waals surface area contributed by atoms with E-state index in [-0.39, 0.29) is 71.8 Å². The molecule has 0 aromatic heterocycles. The minimum Gasteiger partial charge on any atom is -0.458 e. The van der Waals surface area contributed by atoms with E-state index < -0.39 is 179 Å². The Morgan fingerprint density at radius 3 is 1.47 bits per heavy atom. The smallest absolute Gasteiger partial charge is 0.329 e. The first-order valence-corrected chi connectivity index (χ1v) is 35.8. The first kappa shape index (κ1) is 79.6. The monoisotopic (exact) mass is 1410 g/mol. The second-order valence-electron chi connectivity index (χ2n) is 29.0. The number of nitrogens with one attached hydrogen (secondary N) is 5. The lowest BCUT2D eigenvalue weighted by Crippen LogP contribution is -2.61. The summed E-state index contributed by atoms with van der Waals surface area (Å²) in [6.07, 6.45) is 5.47. The van der Waals surface area contributed by atoms with Gasteiger partial charge in [-0.3, -0.25) is 52.7 Å². The number of fused-ring (bicyclic) bond motifs is 4. The molecule has 4 saturated heterocycles. The summed E-state index contributed by atoms with van der Waals surface area (Å²) in [5.74, 6) is -12.0. The summed E-state index contributed by atoms with van der Waals surface area (Å²) in [6, 6.07) is -7.79. The SMILES string of the molecule is Cc1c2oc3c(C)ccc(C(=O)N[C@@H]4C(=O)N[C@H](C(C)C)C(=O)N5CCC[C@@H]5C(=O)N(C)CC(=O)N(C)[C@@H](C(C)C)C(=O)O[C@@H]4C)c3nc-2c(C(=O)N[C@H]2C(=O)N[C@@H](C(C)C)C(=O)N3CCC[C@H]3C(=O)N(C)CC(=O)N(C)[C@H](C(C)C)C(=O)O[C@H]2C)c(NCCCCCCCCCCN)c1=O. The van der Waals surface area contributed by atoms with Crippen molar-refractivity contribution in [1.29, 1.82) is 0 Å². The molecule has 7 rings (SSSR count). The quantitative estimate of drug-likeness (QED) is 0.0567. The zero-order chi connectivity index (χ0) is 74.8. The Morgan fingerprint density at radius 2 is 1.03 bits per heavy atom. The number of amides is 10. The van der Waals surface area contributed by atoms with E-state index in [2.05, 4.69) is 26.6 Å². The van der Waals surface area contributed by atoms with Gasteiger partial charge in [0.2, 0.25) is 52.7 Å². The van der Waals surface area contributed by atoms with Crippen LogP contribution >= 0.6 is 0 Å². The van der Waals surface area contributed by atoms with E-state index in [9.17, 15) is 38.4 Å². The molecule has 0 radical (unpaired) electrons. The number of likely N-dealkylation sites (N-methyl/N-ethyl adjacent to an activating group) is 4. The Bertz CT molecular complexity index is 3630. The Kier molecular flexibility index (Phi) is 27.4. The van der Waals surface area contributed by atoms with E-state index in [1.807, 2.05) is 0 Å². The summed E-state index contributed by atoms with van der Waals surface area (Å²) in [4.78, 5) is 204. The Hall–Kier alpha value is -8.76. The van der Waals surface area contributed by atoms with Crippen LogP contribution in [0.1, 0.15) is 178 Å². The summed E-state index contributed by atoms with van der Waals surface area (Å²) in [7, 11) is 5.65. The number of nitrogens with two attached hydrogens (primary N) is 1. The first-order valence-electron chi connectivity index (χ1n) is 35.8. The lowest BCUT2D eigenvalue weighted by Gasteiger charge is -2.36. The van der Waals surface area contributed by atoms with Gasteiger partial charge in [0.15, 0.2) is 11.3 Å². The van der Waals surface area contributed by atoms with Crippen molar-refractivity contribution < 1.29 is 71.4 Å². The maximum atomic E-state index is 15.9. The number of nitrogens with zero attached hydrogens (tertiary/aromatic N) is 7. The third-order valence-corrected chi connectivity index (χ3v) is 19.9. The molecule has 5 heterocycles. The summed E-state index contributed by atoms with van der Waals surface area (Å²) in [5, 5.41) is 14.2. The number of carbonyl (C=O) groups is 12. The average Bonchev–Trinajstić information content (AvgIpc) is 1.58. The molecule has 1 aliphatic carbocycles. The van der Waals surface area contributed by atoms with Crippen molar-refractivity contribution in [2.24, 2.45) is 29.4 Å². The van der Waals surface area contributed by atoms with Crippen molar-refractivity contribution in [2.45, 2.75) is 221 Å². The number of esters is 2. The Balaban J connectivity index is 1.37. The minimum absolute atomic E-state index is 0.0113. The number of carbonyl (C=O) groups excluding carboxylic acids is 12. The molecule has 4 fully saturated rings. The predicted octanol–water partition coefficient (Wildman–Crippen LogP) is 3.63. The van der Waals surface area contributed by atoms with Gasteiger partial charge in [-0.15, -0.1) is 0 Å². The highest BCUT2D eigenvalue weighted by atomic mass is 16.6. The number of anilines is 1. The van der Waals surface area contributed by atoms with E-state index in [4.69, 9.17) is 24.6 Å². The van der Waals surface area contributed by atoms with Crippen molar-refractivity contribution in [3.63, 3.8) is 0 Å². The number of rotatable bonds is 19. The Morgan fingerprint density at radius 1 is 0.594 bits per heavy atom. The minimum atomic E-state index is -1.87. The molecule has 5 aliphatic heterocycles. The van der Waals surface area contributed by atoms with Gasteiger partial charge in [0, 0.05) is 53.4 Å². The number of aromatic nitrogens is 1. The molecule has 29 heteroatoms. The summed E-state index contributed by atoms with van der Waals surface area (Å²) in [6.45, 7) is 19.6. The molecule has 1 aromatic rings. The van der Waals surface area contributed by atoms with Crippen LogP contribution in [0.5, 0.6) is 0 Å². The molecule has 1 aromatic carbocycles. The third-order valence-electron chi connectivity index (χ3n) is 19.9. The second-order valence-corrected chi connectivity index (χ2v) is 29.0. The largest absolute Gasteiger partial charge is 0.458 e. The lowest BCUT2D eigenvalue weighted by atomic mass is 9.97. The molecular formula is C72H107N13O16. The van der Waals surface area contributed by atoms with Crippen molar-refractivity contribution >= 4 is 87.8 Å². The number of cyclic esters (lactones) is 2. The second kappa shape index (κ2) is 34.7. The van der Waals surface area contributed by atoms with Crippen LogP contribution < -0.4 is 37.7 Å². The van der Waals surface area contributed by atoms with Gasteiger partial charge in [-0.1, -0.05) is 100.0 Å². The van der Waals surface area contributed by atoms with Crippen LogP contribution in [0.15, 0.2) is 21.3 Å². The molecule has 0 unspecified atom stereocenters. The number of hydrogen-bond acceptors (Lipinski definition) is 19. The zero-order valence-corrected chi connectivity index (χ0v) is 61.7. The highest BCUT2D eigenvalue weighted by Gasteiger charge is 2.47. The number of hydrogen-bond donors (Lipinski definition) is 6. The summed E-state index contributed by atoms with van der Waals surface area (Å²) in [5.41, 5.74) is 3.87. The molecule has 101 heavy (non-hydrogen) atoms. The van der Waals surface area contributed by atoms with Crippen molar-refractivity contribution in [1.82, 2.24) is 55.7 Å². The van der Waals surface area contributed by atoms with Gasteiger partial charge in [0.25, 0.3) is 11.8 Å². The average molecular weight is 1410 g/mol. The molecular weight excluding hydrogens is 1300 g/mol. The van der Waals surface area contributed by atoms with Crippen LogP contribution in [0.25, 0.3) is 22.6 Å². The summed E-state index contributed by atoms with van der Waals surface area (Å²) < 4.78 is 18.8. The fourth-order valence-electron chi connectivity index (χ4n) is 14.0. The van der Waals surface area contributed by atoms with E-state index >= 15 is 24.0 Å².